The van der Waals surface area contributed by atoms with Crippen LogP contribution in [0.5, 0.6) is 5.75 Å². The number of carbonyl (C=O) groups excluding carboxylic acids is 1. The lowest BCUT2D eigenvalue weighted by Gasteiger charge is -2.08. The molecule has 0 saturated carbocycles. The van der Waals surface area contributed by atoms with Gasteiger partial charge in [-0.15, -0.1) is 11.3 Å². The average Bonchev–Trinajstić information content (AvgIpc) is 3.24. The van der Waals surface area contributed by atoms with Gasteiger partial charge in [0.2, 0.25) is 5.91 Å². The summed E-state index contributed by atoms with van der Waals surface area (Å²) in [5.41, 5.74) is 10.2. The van der Waals surface area contributed by atoms with Crippen molar-refractivity contribution in [2.75, 3.05) is 12.8 Å². The van der Waals surface area contributed by atoms with Gasteiger partial charge < -0.3 is 15.8 Å². The van der Waals surface area contributed by atoms with Crippen LogP contribution in [-0.4, -0.2) is 17.9 Å². The summed E-state index contributed by atoms with van der Waals surface area (Å²) in [4.78, 5) is 15.9. The zero-order valence-corrected chi connectivity index (χ0v) is 17.3. The fourth-order valence-corrected chi connectivity index (χ4v) is 4.22. The van der Waals surface area contributed by atoms with E-state index >= 15 is 0 Å². The summed E-state index contributed by atoms with van der Waals surface area (Å²) < 4.78 is 6.88. The molecule has 4 aromatic rings. The number of nitrogens with zero attached hydrogens (tertiary/aromatic N) is 1. The molecule has 2 aromatic carbocycles. The standard InChI is InChI=1S/C24H21N3O2S/c1-26-21(28)12-9-18-13-27-24(25)22-20(15-30-23(18)22)17-7-10-19(11-8-17)29-14-16-5-3-2-4-6-16/h2-13,15H,14H2,1H3,(H2,25,27)(H,26,28)/b12-9+. The quantitative estimate of drug-likeness (QED) is 0.440. The lowest BCUT2D eigenvalue weighted by Crippen LogP contribution is -2.13. The van der Waals surface area contributed by atoms with E-state index in [0.29, 0.717) is 12.4 Å². The Balaban J connectivity index is 1.60. The third-order valence-corrected chi connectivity index (χ3v) is 5.76. The van der Waals surface area contributed by atoms with Crippen molar-refractivity contribution in [3.8, 4) is 16.9 Å². The largest absolute Gasteiger partial charge is 0.489 e. The van der Waals surface area contributed by atoms with Crippen molar-refractivity contribution in [3.05, 3.63) is 83.4 Å². The number of hydrogen-bond donors (Lipinski definition) is 2. The highest BCUT2D eigenvalue weighted by molar-refractivity contribution is 7.18. The van der Waals surface area contributed by atoms with Crippen LogP contribution >= 0.6 is 11.3 Å². The molecule has 0 atom stereocenters. The number of thiophene rings is 1. The first-order chi connectivity index (χ1) is 14.7. The molecular formula is C24H21N3O2S. The minimum Gasteiger partial charge on any atom is -0.489 e. The molecule has 3 N–H and O–H groups in total. The second kappa shape index (κ2) is 8.80. The van der Waals surface area contributed by atoms with Gasteiger partial charge in [-0.1, -0.05) is 42.5 Å². The third kappa shape index (κ3) is 4.18. The first-order valence-electron chi connectivity index (χ1n) is 9.48. The van der Waals surface area contributed by atoms with Crippen molar-refractivity contribution in [2.24, 2.45) is 0 Å². The Morgan fingerprint density at radius 3 is 2.67 bits per heavy atom. The van der Waals surface area contributed by atoms with Crippen molar-refractivity contribution in [3.63, 3.8) is 0 Å². The molecule has 2 heterocycles. The second-order valence-corrected chi connectivity index (χ2v) is 7.58. The van der Waals surface area contributed by atoms with Crippen molar-refractivity contribution >= 4 is 39.2 Å². The maximum Gasteiger partial charge on any atom is 0.243 e. The molecule has 0 radical (unpaired) electrons. The Morgan fingerprint density at radius 2 is 1.93 bits per heavy atom. The van der Waals surface area contributed by atoms with E-state index in [-0.39, 0.29) is 5.91 Å². The van der Waals surface area contributed by atoms with Crippen LogP contribution in [0, 0.1) is 0 Å². The minimum absolute atomic E-state index is 0.164. The number of amides is 1. The smallest absolute Gasteiger partial charge is 0.243 e. The van der Waals surface area contributed by atoms with Gasteiger partial charge in [0.05, 0.1) is 0 Å². The highest BCUT2D eigenvalue weighted by Gasteiger charge is 2.13. The van der Waals surface area contributed by atoms with Crippen molar-refractivity contribution < 1.29 is 9.53 Å². The molecule has 5 nitrogen and oxygen atoms in total. The maximum atomic E-state index is 11.5. The summed E-state index contributed by atoms with van der Waals surface area (Å²) in [5.74, 6) is 1.12. The van der Waals surface area contributed by atoms with Crippen LogP contribution in [0.15, 0.2) is 72.3 Å². The van der Waals surface area contributed by atoms with E-state index in [2.05, 4.69) is 15.7 Å². The number of anilines is 1. The van der Waals surface area contributed by atoms with Gasteiger partial charge in [-0.25, -0.2) is 4.98 Å². The Hall–Kier alpha value is -3.64. The molecule has 4 rings (SSSR count). The molecule has 6 heteroatoms. The Labute approximate surface area is 178 Å². The molecule has 0 aliphatic carbocycles. The molecule has 0 bridgehead atoms. The molecule has 30 heavy (non-hydrogen) atoms. The van der Waals surface area contributed by atoms with Crippen LogP contribution < -0.4 is 15.8 Å². The van der Waals surface area contributed by atoms with Gasteiger partial charge in [0.25, 0.3) is 0 Å². The fraction of sp³-hybridized carbons (Fsp3) is 0.0833. The van der Waals surface area contributed by atoms with Crippen LogP contribution in [0.4, 0.5) is 5.82 Å². The number of ether oxygens (including phenoxy) is 1. The van der Waals surface area contributed by atoms with Crippen LogP contribution in [-0.2, 0) is 11.4 Å². The molecule has 0 aliphatic heterocycles. The summed E-state index contributed by atoms with van der Waals surface area (Å²) in [6, 6.07) is 18.0. The predicted molar refractivity (Wildman–Crippen MR) is 123 cm³/mol. The number of benzene rings is 2. The predicted octanol–water partition coefficient (Wildman–Crippen LogP) is 4.88. The molecule has 0 aliphatic rings. The van der Waals surface area contributed by atoms with E-state index in [9.17, 15) is 4.79 Å². The zero-order chi connectivity index (χ0) is 20.9. The van der Waals surface area contributed by atoms with E-state index in [1.54, 1.807) is 30.7 Å². The zero-order valence-electron chi connectivity index (χ0n) is 16.5. The monoisotopic (exact) mass is 415 g/mol. The van der Waals surface area contributed by atoms with E-state index in [0.717, 1.165) is 38.1 Å². The lowest BCUT2D eigenvalue weighted by atomic mass is 10.0. The molecule has 0 unspecified atom stereocenters. The highest BCUT2D eigenvalue weighted by atomic mass is 32.1. The summed E-state index contributed by atoms with van der Waals surface area (Å²) in [6.07, 6.45) is 4.94. The number of carbonyl (C=O) groups is 1. The number of nitrogen functional groups attached to an aromatic ring is 1. The van der Waals surface area contributed by atoms with Gasteiger partial charge >= 0.3 is 0 Å². The Bertz CT molecular complexity index is 1200. The fourth-order valence-electron chi connectivity index (χ4n) is 3.14. The second-order valence-electron chi connectivity index (χ2n) is 6.70. The SMILES string of the molecule is CNC(=O)/C=C/c1cnc(N)c2c(-c3ccc(OCc4ccccc4)cc3)csc12. The Kier molecular flexibility index (Phi) is 5.77. The molecule has 0 fully saturated rings. The number of aromatic nitrogens is 1. The van der Waals surface area contributed by atoms with Gasteiger partial charge in [-0.2, -0.15) is 0 Å². The van der Waals surface area contributed by atoms with E-state index in [4.69, 9.17) is 10.5 Å². The summed E-state index contributed by atoms with van der Waals surface area (Å²) >= 11 is 1.59. The average molecular weight is 416 g/mol. The number of rotatable bonds is 6. The molecule has 2 aromatic heterocycles. The van der Waals surface area contributed by atoms with Crippen molar-refractivity contribution in [1.82, 2.24) is 10.3 Å². The summed E-state index contributed by atoms with van der Waals surface area (Å²) in [7, 11) is 1.60. The molecule has 0 spiro atoms. The normalized spacial score (nSPS) is 11.1. The maximum absolute atomic E-state index is 11.5. The first kappa shape index (κ1) is 19.7. The number of pyridine rings is 1. The Morgan fingerprint density at radius 1 is 1.17 bits per heavy atom. The lowest BCUT2D eigenvalue weighted by molar-refractivity contribution is -0.115. The van der Waals surface area contributed by atoms with E-state index < -0.39 is 0 Å². The first-order valence-corrected chi connectivity index (χ1v) is 10.4. The molecular weight excluding hydrogens is 394 g/mol. The number of likely N-dealkylation sites (N-methyl/N-ethyl adjacent to an activating group) is 1. The van der Waals surface area contributed by atoms with E-state index in [1.165, 1.54) is 6.08 Å². The number of hydrogen-bond acceptors (Lipinski definition) is 5. The van der Waals surface area contributed by atoms with Crippen LogP contribution in [0.1, 0.15) is 11.1 Å². The minimum atomic E-state index is -0.164. The molecule has 150 valence electrons. The van der Waals surface area contributed by atoms with Gasteiger partial charge in [-0.05, 0) is 34.7 Å². The van der Waals surface area contributed by atoms with Gasteiger partial charge in [0.1, 0.15) is 18.2 Å². The summed E-state index contributed by atoms with van der Waals surface area (Å²) in [5, 5.41) is 5.54. The van der Waals surface area contributed by atoms with E-state index in [1.807, 2.05) is 54.6 Å². The third-order valence-electron chi connectivity index (χ3n) is 4.73. The van der Waals surface area contributed by atoms with Gasteiger partial charge in [0, 0.05) is 40.5 Å². The topological polar surface area (TPSA) is 77.2 Å². The van der Waals surface area contributed by atoms with Crippen LogP contribution in [0.3, 0.4) is 0 Å². The van der Waals surface area contributed by atoms with Gasteiger partial charge in [-0.3, -0.25) is 4.79 Å². The van der Waals surface area contributed by atoms with Crippen LogP contribution in [0.25, 0.3) is 27.3 Å². The number of nitrogens with one attached hydrogen (secondary N) is 1. The number of nitrogens with two attached hydrogens (primary N) is 1. The molecule has 1 amide bonds. The van der Waals surface area contributed by atoms with Crippen molar-refractivity contribution in [2.45, 2.75) is 6.61 Å². The van der Waals surface area contributed by atoms with Gasteiger partial charge in [0.15, 0.2) is 0 Å². The summed E-state index contributed by atoms with van der Waals surface area (Å²) in [6.45, 7) is 0.527. The van der Waals surface area contributed by atoms with Crippen LogP contribution in [0.2, 0.25) is 0 Å². The highest BCUT2D eigenvalue weighted by Crippen LogP contribution is 2.39. The van der Waals surface area contributed by atoms with Crippen molar-refractivity contribution in [1.29, 1.82) is 0 Å². The number of fused-ring (bicyclic) bond motifs is 1. The molecule has 0 saturated heterocycles.